The number of nitrogens with one attached hydrogen (secondary N) is 2. The molecule has 104 valence electrons. The van der Waals surface area contributed by atoms with Gasteiger partial charge in [-0.1, -0.05) is 6.92 Å². The van der Waals surface area contributed by atoms with Crippen molar-refractivity contribution in [2.75, 3.05) is 25.5 Å². The van der Waals surface area contributed by atoms with Gasteiger partial charge in [0.2, 0.25) is 5.91 Å². The van der Waals surface area contributed by atoms with Crippen LogP contribution in [0.25, 0.3) is 0 Å². The molecule has 0 bridgehead atoms. The fourth-order valence-corrected chi connectivity index (χ4v) is 3.42. The molecule has 0 saturated carbocycles. The van der Waals surface area contributed by atoms with Gasteiger partial charge in [0.15, 0.2) is 0 Å². The summed E-state index contributed by atoms with van der Waals surface area (Å²) in [5, 5.41) is 6.19. The van der Waals surface area contributed by atoms with Crippen molar-refractivity contribution < 1.29 is 9.53 Å². The highest BCUT2D eigenvalue weighted by Crippen LogP contribution is 2.35. The maximum atomic E-state index is 12.2. The molecule has 1 heterocycles. The summed E-state index contributed by atoms with van der Waals surface area (Å²) in [6.07, 6.45) is 0. The van der Waals surface area contributed by atoms with Crippen LogP contribution in [0.3, 0.4) is 0 Å². The summed E-state index contributed by atoms with van der Waals surface area (Å²) in [5.74, 6) is 1.11. The van der Waals surface area contributed by atoms with E-state index in [1.165, 1.54) is 0 Å². The molecule has 1 fully saturated rings. The number of ether oxygens (including phenoxy) is 1. The first-order chi connectivity index (χ1) is 9.02. The molecule has 19 heavy (non-hydrogen) atoms. The summed E-state index contributed by atoms with van der Waals surface area (Å²) < 4.78 is 6.91. The normalized spacial score (nSPS) is 22.3. The van der Waals surface area contributed by atoms with Crippen LogP contribution in [0.2, 0.25) is 0 Å². The lowest BCUT2D eigenvalue weighted by molar-refractivity contribution is -0.120. The molecule has 6 heteroatoms. The van der Waals surface area contributed by atoms with Crippen LogP contribution < -0.4 is 15.4 Å². The van der Waals surface area contributed by atoms with Gasteiger partial charge in [-0.25, -0.2) is 0 Å². The molecule has 4 nitrogen and oxygen atoms in total. The molecule has 2 N–H and O–H groups in total. The van der Waals surface area contributed by atoms with Gasteiger partial charge < -0.3 is 15.4 Å². The van der Waals surface area contributed by atoms with Gasteiger partial charge in [-0.05, 0) is 50.4 Å². The Balaban J connectivity index is 2.16. The van der Waals surface area contributed by atoms with Crippen LogP contribution in [-0.4, -0.2) is 26.1 Å². The molecule has 0 spiro atoms. The van der Waals surface area contributed by atoms with E-state index < -0.39 is 0 Å². The molecule has 0 aliphatic carbocycles. The fourth-order valence-electron chi connectivity index (χ4n) is 2.17. The van der Waals surface area contributed by atoms with Crippen molar-refractivity contribution in [3.63, 3.8) is 0 Å². The van der Waals surface area contributed by atoms with Crippen molar-refractivity contribution in [3.8, 4) is 5.75 Å². The molecule has 1 aromatic rings. The zero-order chi connectivity index (χ0) is 14.0. The standard InChI is InChI=1S/C13H16Br2N2O2/c1-7-5-16-6-8(7)13(18)17-11-4-12(19-2)10(15)3-9(11)14/h3-4,7-8,16H,5-6H2,1-2H3,(H,17,18)/t7-,8-/m1/s1. The third kappa shape index (κ3) is 3.30. The average molecular weight is 392 g/mol. The fraction of sp³-hybridized carbons (Fsp3) is 0.462. The van der Waals surface area contributed by atoms with Crippen molar-refractivity contribution in [1.29, 1.82) is 0 Å². The summed E-state index contributed by atoms with van der Waals surface area (Å²) in [6, 6.07) is 3.67. The van der Waals surface area contributed by atoms with E-state index in [-0.39, 0.29) is 11.8 Å². The van der Waals surface area contributed by atoms with Crippen LogP contribution in [0.5, 0.6) is 5.75 Å². The van der Waals surface area contributed by atoms with Crippen LogP contribution in [0.4, 0.5) is 5.69 Å². The smallest absolute Gasteiger partial charge is 0.229 e. The van der Waals surface area contributed by atoms with Crippen molar-refractivity contribution >= 4 is 43.5 Å². The van der Waals surface area contributed by atoms with Gasteiger partial charge in [0.25, 0.3) is 0 Å². The molecule has 0 unspecified atom stereocenters. The molecule has 1 aromatic carbocycles. The van der Waals surface area contributed by atoms with Crippen molar-refractivity contribution in [2.24, 2.45) is 11.8 Å². The predicted octanol–water partition coefficient (Wildman–Crippen LogP) is 3.01. The maximum Gasteiger partial charge on any atom is 0.229 e. The van der Waals surface area contributed by atoms with E-state index in [2.05, 4.69) is 49.4 Å². The minimum Gasteiger partial charge on any atom is -0.495 e. The molecule has 1 aliphatic heterocycles. The molecule has 1 saturated heterocycles. The highest BCUT2D eigenvalue weighted by atomic mass is 79.9. The summed E-state index contributed by atoms with van der Waals surface area (Å²) in [4.78, 5) is 12.2. The van der Waals surface area contributed by atoms with Gasteiger partial charge in [0.05, 0.1) is 23.2 Å². The van der Waals surface area contributed by atoms with Crippen LogP contribution in [0, 0.1) is 11.8 Å². The Bertz CT molecular complexity index is 494. The first kappa shape index (κ1) is 14.8. The van der Waals surface area contributed by atoms with E-state index in [1.54, 1.807) is 13.2 Å². The number of halogens is 2. The Morgan fingerprint density at radius 3 is 2.68 bits per heavy atom. The summed E-state index contributed by atoms with van der Waals surface area (Å²) in [6.45, 7) is 3.71. The number of hydrogen-bond acceptors (Lipinski definition) is 3. The van der Waals surface area contributed by atoms with E-state index in [0.717, 1.165) is 27.7 Å². The van der Waals surface area contributed by atoms with Gasteiger partial charge in [-0.2, -0.15) is 0 Å². The van der Waals surface area contributed by atoms with E-state index in [0.29, 0.717) is 11.7 Å². The Morgan fingerprint density at radius 1 is 1.37 bits per heavy atom. The van der Waals surface area contributed by atoms with E-state index in [1.807, 2.05) is 6.07 Å². The number of anilines is 1. The topological polar surface area (TPSA) is 50.4 Å². The second-order valence-corrected chi connectivity index (χ2v) is 6.41. The maximum absolute atomic E-state index is 12.2. The predicted molar refractivity (Wildman–Crippen MR) is 82.5 cm³/mol. The zero-order valence-electron chi connectivity index (χ0n) is 10.8. The summed E-state index contributed by atoms with van der Waals surface area (Å²) >= 11 is 6.85. The SMILES string of the molecule is COc1cc(NC(=O)[C@@H]2CNC[C@H]2C)c(Br)cc1Br. The van der Waals surface area contributed by atoms with E-state index in [9.17, 15) is 4.79 Å². The molecule has 1 aliphatic rings. The number of benzene rings is 1. The van der Waals surface area contributed by atoms with Crippen LogP contribution in [0.1, 0.15) is 6.92 Å². The zero-order valence-corrected chi connectivity index (χ0v) is 14.0. The molecular formula is C13H16Br2N2O2. The summed E-state index contributed by atoms with van der Waals surface area (Å²) in [7, 11) is 1.60. The Labute approximate surface area is 129 Å². The van der Waals surface area contributed by atoms with Crippen LogP contribution in [-0.2, 0) is 4.79 Å². The lowest BCUT2D eigenvalue weighted by atomic mass is 9.97. The first-order valence-corrected chi connectivity index (χ1v) is 7.66. The monoisotopic (exact) mass is 390 g/mol. The number of carbonyl (C=O) groups excluding carboxylic acids is 1. The lowest BCUT2D eigenvalue weighted by Gasteiger charge is -2.16. The number of hydrogen-bond donors (Lipinski definition) is 2. The van der Waals surface area contributed by atoms with Gasteiger partial charge in [0.1, 0.15) is 5.75 Å². The lowest BCUT2D eigenvalue weighted by Crippen LogP contribution is -2.28. The van der Waals surface area contributed by atoms with Crippen molar-refractivity contribution in [1.82, 2.24) is 5.32 Å². The highest BCUT2D eigenvalue weighted by Gasteiger charge is 2.29. The molecule has 2 atom stereocenters. The van der Waals surface area contributed by atoms with E-state index in [4.69, 9.17) is 4.74 Å². The molecule has 0 radical (unpaired) electrons. The second-order valence-electron chi connectivity index (χ2n) is 4.70. The van der Waals surface area contributed by atoms with Gasteiger partial charge in [0, 0.05) is 17.1 Å². The second kappa shape index (κ2) is 6.24. The molecular weight excluding hydrogens is 376 g/mol. The quantitative estimate of drug-likeness (QED) is 0.832. The first-order valence-electron chi connectivity index (χ1n) is 6.07. The number of methoxy groups -OCH3 is 1. The highest BCUT2D eigenvalue weighted by molar-refractivity contribution is 9.11. The van der Waals surface area contributed by atoms with Crippen molar-refractivity contribution in [2.45, 2.75) is 6.92 Å². The van der Waals surface area contributed by atoms with Gasteiger partial charge in [-0.15, -0.1) is 0 Å². The largest absolute Gasteiger partial charge is 0.495 e. The molecule has 1 amide bonds. The summed E-state index contributed by atoms with van der Waals surface area (Å²) in [5.41, 5.74) is 0.726. The van der Waals surface area contributed by atoms with Gasteiger partial charge >= 0.3 is 0 Å². The Kier molecular flexibility index (Phi) is 4.86. The minimum absolute atomic E-state index is 0.0153. The Morgan fingerprint density at radius 2 is 2.11 bits per heavy atom. The van der Waals surface area contributed by atoms with Crippen molar-refractivity contribution in [3.05, 3.63) is 21.1 Å². The molecule has 0 aromatic heterocycles. The minimum atomic E-state index is 0.0153. The third-order valence-corrected chi connectivity index (χ3v) is 4.63. The third-order valence-electron chi connectivity index (χ3n) is 3.35. The Hall–Kier alpha value is -0.590. The molecule has 2 rings (SSSR count). The van der Waals surface area contributed by atoms with E-state index >= 15 is 0 Å². The number of amides is 1. The van der Waals surface area contributed by atoms with Crippen LogP contribution >= 0.6 is 31.9 Å². The van der Waals surface area contributed by atoms with Gasteiger partial charge in [-0.3, -0.25) is 4.79 Å². The van der Waals surface area contributed by atoms with Crippen LogP contribution in [0.15, 0.2) is 21.1 Å². The number of rotatable bonds is 3. The number of carbonyl (C=O) groups is 1. The average Bonchev–Trinajstić information content (AvgIpc) is 2.79.